The molecule has 0 saturated heterocycles. The summed E-state index contributed by atoms with van der Waals surface area (Å²) in [5, 5.41) is 0. The number of aryl methyl sites for hydroxylation is 2. The van der Waals surface area contributed by atoms with Gasteiger partial charge in [0.05, 0.1) is 0 Å². The van der Waals surface area contributed by atoms with Crippen LogP contribution in [-0.2, 0) is 0 Å². The third-order valence-corrected chi connectivity index (χ3v) is 4.09. The summed E-state index contributed by atoms with van der Waals surface area (Å²) in [5.74, 6) is 0. The molecule has 22 heavy (non-hydrogen) atoms. The first-order chi connectivity index (χ1) is 10.6. The summed E-state index contributed by atoms with van der Waals surface area (Å²) in [4.78, 5) is 2.25. The molecule has 3 rings (SSSR count). The normalized spacial score (nSPS) is 10.5. The molecule has 0 saturated carbocycles. The molecule has 0 atom stereocenters. The van der Waals surface area contributed by atoms with Gasteiger partial charge in [0.25, 0.3) is 0 Å². The topological polar surface area (TPSA) is 3.24 Å². The van der Waals surface area contributed by atoms with E-state index in [1.807, 2.05) is 6.07 Å². The van der Waals surface area contributed by atoms with Gasteiger partial charge in [-0.3, -0.25) is 0 Å². The molecule has 0 aliphatic rings. The van der Waals surface area contributed by atoms with Crippen molar-refractivity contribution in [2.45, 2.75) is 13.8 Å². The smallest absolute Gasteiger partial charge is 0.0440 e. The summed E-state index contributed by atoms with van der Waals surface area (Å²) < 4.78 is 0. The molecular weight excluding hydrogens is 266 g/mol. The van der Waals surface area contributed by atoms with Gasteiger partial charge in [0.15, 0.2) is 0 Å². The largest absolute Gasteiger partial charge is 0.344 e. The molecule has 0 radical (unpaired) electrons. The summed E-state index contributed by atoms with van der Waals surface area (Å²) in [6, 6.07) is 25.8. The molecule has 1 nitrogen and oxygen atoms in total. The minimum Gasteiger partial charge on any atom is -0.344 e. The second-order valence-electron chi connectivity index (χ2n) is 5.76. The Kier molecular flexibility index (Phi) is 3.97. The lowest BCUT2D eigenvalue weighted by Gasteiger charge is -2.22. The highest BCUT2D eigenvalue weighted by Gasteiger charge is 2.07. The van der Waals surface area contributed by atoms with Gasteiger partial charge in [-0.2, -0.15) is 0 Å². The van der Waals surface area contributed by atoms with Crippen LogP contribution in [0.3, 0.4) is 0 Å². The average Bonchev–Trinajstić information content (AvgIpc) is 2.57. The van der Waals surface area contributed by atoms with E-state index in [0.29, 0.717) is 0 Å². The Balaban J connectivity index is 1.91. The summed E-state index contributed by atoms with van der Waals surface area (Å²) in [6.45, 7) is 4.29. The Bertz CT molecular complexity index is 758. The Morgan fingerprint density at radius 3 is 2.00 bits per heavy atom. The number of nitrogens with zero attached hydrogens (tertiary/aromatic N) is 1. The molecule has 3 aromatic carbocycles. The maximum Gasteiger partial charge on any atom is 0.0440 e. The number of rotatable bonds is 3. The van der Waals surface area contributed by atoms with Gasteiger partial charge in [0.2, 0.25) is 0 Å². The lowest BCUT2D eigenvalue weighted by molar-refractivity contribution is 1.18. The lowest BCUT2D eigenvalue weighted by Crippen LogP contribution is -2.10. The predicted molar refractivity (Wildman–Crippen MR) is 95.9 cm³/mol. The average molecular weight is 287 g/mol. The van der Waals surface area contributed by atoms with Crippen LogP contribution in [0.1, 0.15) is 11.1 Å². The Morgan fingerprint density at radius 2 is 1.32 bits per heavy atom. The van der Waals surface area contributed by atoms with Crippen molar-refractivity contribution in [1.29, 1.82) is 0 Å². The van der Waals surface area contributed by atoms with E-state index in [0.717, 1.165) is 0 Å². The fraction of sp³-hybridized carbons (Fsp3) is 0.143. The van der Waals surface area contributed by atoms with Crippen molar-refractivity contribution in [2.24, 2.45) is 0 Å². The third kappa shape index (κ3) is 2.89. The molecule has 0 N–H and O–H groups in total. The molecule has 0 aliphatic heterocycles. The monoisotopic (exact) mass is 287 g/mol. The van der Waals surface area contributed by atoms with Crippen molar-refractivity contribution in [2.75, 3.05) is 11.9 Å². The van der Waals surface area contributed by atoms with Crippen LogP contribution in [0.25, 0.3) is 11.1 Å². The Morgan fingerprint density at radius 1 is 0.682 bits per heavy atom. The highest BCUT2D eigenvalue weighted by Crippen LogP contribution is 2.29. The fourth-order valence-corrected chi connectivity index (χ4v) is 2.73. The van der Waals surface area contributed by atoms with Crippen LogP contribution < -0.4 is 4.90 Å². The Hall–Kier alpha value is -2.54. The van der Waals surface area contributed by atoms with E-state index in [4.69, 9.17) is 0 Å². The number of benzene rings is 3. The summed E-state index contributed by atoms with van der Waals surface area (Å²) in [5.41, 5.74) is 7.54. The van der Waals surface area contributed by atoms with Crippen molar-refractivity contribution in [3.8, 4) is 11.1 Å². The minimum absolute atomic E-state index is 1.20. The molecule has 0 fully saturated rings. The van der Waals surface area contributed by atoms with E-state index in [9.17, 15) is 0 Å². The van der Waals surface area contributed by atoms with Crippen LogP contribution >= 0.6 is 0 Å². The van der Waals surface area contributed by atoms with Gasteiger partial charge in [0, 0.05) is 18.4 Å². The summed E-state index contributed by atoms with van der Waals surface area (Å²) in [7, 11) is 2.12. The van der Waals surface area contributed by atoms with E-state index < -0.39 is 0 Å². The summed E-state index contributed by atoms with van der Waals surface area (Å²) in [6.07, 6.45) is 0. The highest BCUT2D eigenvalue weighted by molar-refractivity contribution is 5.70. The molecule has 0 aliphatic carbocycles. The van der Waals surface area contributed by atoms with Gasteiger partial charge in [0.1, 0.15) is 0 Å². The van der Waals surface area contributed by atoms with Crippen molar-refractivity contribution < 1.29 is 0 Å². The van der Waals surface area contributed by atoms with Gasteiger partial charge in [-0.15, -0.1) is 0 Å². The van der Waals surface area contributed by atoms with Crippen molar-refractivity contribution in [3.63, 3.8) is 0 Å². The molecule has 0 heterocycles. The van der Waals surface area contributed by atoms with E-state index in [2.05, 4.69) is 92.5 Å². The summed E-state index contributed by atoms with van der Waals surface area (Å²) >= 11 is 0. The fourth-order valence-electron chi connectivity index (χ4n) is 2.73. The van der Waals surface area contributed by atoms with Crippen molar-refractivity contribution >= 4 is 11.4 Å². The van der Waals surface area contributed by atoms with E-state index in [1.54, 1.807) is 0 Å². The number of hydrogen-bond donors (Lipinski definition) is 0. The molecular formula is C21H21N. The van der Waals surface area contributed by atoms with Gasteiger partial charge < -0.3 is 4.90 Å². The van der Waals surface area contributed by atoms with E-state index in [-0.39, 0.29) is 0 Å². The van der Waals surface area contributed by atoms with Crippen LogP contribution in [-0.4, -0.2) is 7.05 Å². The van der Waals surface area contributed by atoms with Crippen LogP contribution in [0.5, 0.6) is 0 Å². The van der Waals surface area contributed by atoms with Gasteiger partial charge in [-0.1, -0.05) is 54.6 Å². The molecule has 3 aromatic rings. The molecule has 0 bridgehead atoms. The zero-order valence-corrected chi connectivity index (χ0v) is 13.4. The first-order valence-corrected chi connectivity index (χ1v) is 7.61. The maximum atomic E-state index is 2.25. The molecule has 0 spiro atoms. The second kappa shape index (κ2) is 6.07. The Labute approximate surface area is 132 Å². The van der Waals surface area contributed by atoms with Gasteiger partial charge in [-0.25, -0.2) is 0 Å². The number of anilines is 2. The molecule has 110 valence electrons. The predicted octanol–water partition coefficient (Wildman–Crippen LogP) is 5.74. The van der Waals surface area contributed by atoms with Crippen LogP contribution in [0, 0.1) is 13.8 Å². The van der Waals surface area contributed by atoms with Gasteiger partial charge >= 0.3 is 0 Å². The molecule has 0 unspecified atom stereocenters. The zero-order valence-electron chi connectivity index (χ0n) is 13.4. The quantitative estimate of drug-likeness (QED) is 0.594. The van der Waals surface area contributed by atoms with Crippen molar-refractivity contribution in [1.82, 2.24) is 0 Å². The van der Waals surface area contributed by atoms with Crippen LogP contribution in [0.2, 0.25) is 0 Å². The van der Waals surface area contributed by atoms with E-state index >= 15 is 0 Å². The molecule has 0 aromatic heterocycles. The first-order valence-electron chi connectivity index (χ1n) is 7.61. The minimum atomic E-state index is 1.20. The van der Waals surface area contributed by atoms with E-state index in [1.165, 1.54) is 33.6 Å². The SMILES string of the molecule is Cc1ccc(C)c(N(C)c2ccc(-c3ccccc3)cc2)c1. The second-order valence-corrected chi connectivity index (χ2v) is 5.76. The molecule has 0 amide bonds. The third-order valence-electron chi connectivity index (χ3n) is 4.09. The highest BCUT2D eigenvalue weighted by atomic mass is 15.1. The number of hydrogen-bond acceptors (Lipinski definition) is 1. The van der Waals surface area contributed by atoms with Crippen LogP contribution in [0.15, 0.2) is 72.8 Å². The first kappa shape index (κ1) is 14.4. The lowest BCUT2D eigenvalue weighted by atomic mass is 10.0. The maximum absolute atomic E-state index is 2.25. The standard InChI is InChI=1S/C21H21N/c1-16-9-10-17(2)21(15-16)22(3)20-13-11-19(12-14-20)18-7-5-4-6-8-18/h4-15H,1-3H3. The molecule has 1 heteroatoms. The van der Waals surface area contributed by atoms with Gasteiger partial charge in [-0.05, 0) is 54.3 Å². The zero-order chi connectivity index (χ0) is 15.5. The van der Waals surface area contributed by atoms with Crippen molar-refractivity contribution in [3.05, 3.63) is 83.9 Å². The van der Waals surface area contributed by atoms with Crippen LogP contribution in [0.4, 0.5) is 11.4 Å².